The van der Waals surface area contributed by atoms with Crippen LogP contribution in [0.15, 0.2) is 73.1 Å². The first-order valence-corrected chi connectivity index (χ1v) is 11.8. The molecule has 168 valence electrons. The Morgan fingerprint density at radius 1 is 1.09 bits per heavy atom. The average Bonchev–Trinajstić information content (AvgIpc) is 3.58. The van der Waals surface area contributed by atoms with E-state index in [1.54, 1.807) is 12.3 Å². The Morgan fingerprint density at radius 3 is 2.67 bits per heavy atom. The van der Waals surface area contributed by atoms with Crippen LogP contribution in [0.4, 0.5) is 4.79 Å². The molecule has 5 nitrogen and oxygen atoms in total. The number of hydrogen-bond acceptors (Lipinski definition) is 2. The van der Waals surface area contributed by atoms with E-state index in [0.717, 1.165) is 40.6 Å². The number of nitrogens with one attached hydrogen (secondary N) is 2. The normalized spacial score (nSPS) is 14.2. The van der Waals surface area contributed by atoms with E-state index in [1.165, 1.54) is 0 Å². The van der Waals surface area contributed by atoms with Crippen molar-refractivity contribution in [3.05, 3.63) is 99.9 Å². The lowest BCUT2D eigenvalue weighted by atomic mass is 9.91. The van der Waals surface area contributed by atoms with E-state index in [2.05, 4.69) is 21.4 Å². The molecule has 0 radical (unpaired) electrons. The van der Waals surface area contributed by atoms with Gasteiger partial charge in [0.2, 0.25) is 0 Å². The van der Waals surface area contributed by atoms with Crippen LogP contribution >= 0.6 is 23.2 Å². The number of benzene rings is 2. The number of aromatic amines is 1. The molecule has 1 aliphatic rings. The van der Waals surface area contributed by atoms with E-state index in [9.17, 15) is 4.79 Å². The number of aromatic nitrogens is 2. The smallest absolute Gasteiger partial charge is 0.318 e. The van der Waals surface area contributed by atoms with Gasteiger partial charge in [0.25, 0.3) is 0 Å². The molecule has 0 aliphatic heterocycles. The molecule has 1 saturated carbocycles. The molecule has 2 heterocycles. The van der Waals surface area contributed by atoms with Gasteiger partial charge in [-0.15, -0.1) is 0 Å². The number of nitrogens with zero attached hydrogens (tertiary/aromatic N) is 2. The second-order valence-corrected chi connectivity index (χ2v) is 9.22. The highest BCUT2D eigenvalue weighted by molar-refractivity contribution is 6.35. The van der Waals surface area contributed by atoms with Gasteiger partial charge in [0.15, 0.2) is 0 Å². The minimum Gasteiger partial charge on any atom is -0.361 e. The van der Waals surface area contributed by atoms with Crippen LogP contribution in [0.3, 0.4) is 0 Å². The highest BCUT2D eigenvalue weighted by atomic mass is 35.5. The summed E-state index contributed by atoms with van der Waals surface area (Å²) in [5.74, 6) is -0.134. The molecule has 0 spiro atoms. The van der Waals surface area contributed by atoms with E-state index in [4.69, 9.17) is 23.2 Å². The highest BCUT2D eigenvalue weighted by Crippen LogP contribution is 2.35. The van der Waals surface area contributed by atoms with E-state index in [0.29, 0.717) is 23.1 Å². The number of amides is 2. The molecule has 2 aromatic heterocycles. The van der Waals surface area contributed by atoms with Crippen molar-refractivity contribution in [1.29, 1.82) is 0 Å². The van der Waals surface area contributed by atoms with Gasteiger partial charge in [0.1, 0.15) is 0 Å². The van der Waals surface area contributed by atoms with Crippen LogP contribution in [-0.4, -0.2) is 33.5 Å². The molecule has 4 aromatic rings. The van der Waals surface area contributed by atoms with Crippen molar-refractivity contribution in [3.8, 4) is 0 Å². The summed E-state index contributed by atoms with van der Waals surface area (Å²) in [5, 5.41) is 5.45. The molecule has 5 rings (SSSR count). The van der Waals surface area contributed by atoms with Crippen LogP contribution in [0.25, 0.3) is 10.9 Å². The number of hydrogen-bond donors (Lipinski definition) is 2. The summed E-state index contributed by atoms with van der Waals surface area (Å²) in [7, 11) is 0. The third kappa shape index (κ3) is 4.85. The van der Waals surface area contributed by atoms with Gasteiger partial charge in [-0.1, -0.05) is 53.5 Å². The molecule has 0 bridgehead atoms. The Balaban J connectivity index is 1.42. The molecule has 7 heteroatoms. The number of fused-ring (bicyclic) bond motifs is 1. The lowest BCUT2D eigenvalue weighted by Gasteiger charge is -2.25. The van der Waals surface area contributed by atoms with Crippen molar-refractivity contribution in [2.24, 2.45) is 0 Å². The molecule has 33 heavy (non-hydrogen) atoms. The first-order chi connectivity index (χ1) is 16.1. The number of carbonyl (C=O) groups excluding carboxylic acids is 1. The van der Waals surface area contributed by atoms with Gasteiger partial charge in [-0.25, -0.2) is 4.79 Å². The zero-order valence-electron chi connectivity index (χ0n) is 18.0. The largest absolute Gasteiger partial charge is 0.361 e. The van der Waals surface area contributed by atoms with E-state index in [1.807, 2.05) is 59.6 Å². The highest BCUT2D eigenvalue weighted by Gasteiger charge is 2.33. The maximum absolute atomic E-state index is 13.3. The summed E-state index contributed by atoms with van der Waals surface area (Å²) in [4.78, 5) is 22.9. The van der Waals surface area contributed by atoms with E-state index in [-0.39, 0.29) is 18.0 Å². The lowest BCUT2D eigenvalue weighted by Crippen LogP contribution is -2.42. The van der Waals surface area contributed by atoms with Gasteiger partial charge >= 0.3 is 6.03 Å². The number of H-pyrrole nitrogens is 1. The number of pyridine rings is 1. The molecule has 0 saturated heterocycles. The van der Waals surface area contributed by atoms with Crippen molar-refractivity contribution < 1.29 is 4.79 Å². The SMILES string of the molecule is O=C(NCC(c1ccc(Cl)cc1Cl)c1c[nH]c2ccccc12)N(Cc1ccccn1)C1CC1. The Kier molecular flexibility index (Phi) is 6.25. The monoisotopic (exact) mass is 478 g/mol. The standard InChI is InChI=1S/C26H24Cl2N4O/c27-17-8-11-20(24(28)13-17)22(23-14-30-25-7-2-1-6-21(23)25)15-31-26(33)32(19-9-10-19)16-18-5-3-4-12-29-18/h1-8,11-14,19,22,30H,9-10,15-16H2,(H,31,33). The number of carbonyl (C=O) groups is 1. The maximum atomic E-state index is 13.3. The second-order valence-electron chi connectivity index (χ2n) is 8.37. The summed E-state index contributed by atoms with van der Waals surface area (Å²) in [6.45, 7) is 0.907. The van der Waals surface area contributed by atoms with E-state index < -0.39 is 0 Å². The zero-order chi connectivity index (χ0) is 22.8. The van der Waals surface area contributed by atoms with Crippen molar-refractivity contribution >= 4 is 40.1 Å². The molecular weight excluding hydrogens is 455 g/mol. The van der Waals surface area contributed by atoms with Gasteiger partial charge in [0.05, 0.1) is 12.2 Å². The minimum absolute atomic E-state index is 0.0851. The summed E-state index contributed by atoms with van der Waals surface area (Å²) in [6, 6.07) is 19.6. The predicted octanol–water partition coefficient (Wildman–Crippen LogP) is 6.38. The quantitative estimate of drug-likeness (QED) is 0.323. The fourth-order valence-electron chi connectivity index (χ4n) is 4.26. The number of urea groups is 1. The van der Waals surface area contributed by atoms with Gasteiger partial charge in [-0.05, 0) is 54.3 Å². The van der Waals surface area contributed by atoms with Crippen molar-refractivity contribution in [3.63, 3.8) is 0 Å². The third-order valence-electron chi connectivity index (χ3n) is 6.10. The van der Waals surface area contributed by atoms with Crippen molar-refractivity contribution in [2.45, 2.75) is 31.3 Å². The fraction of sp³-hybridized carbons (Fsp3) is 0.231. The third-order valence-corrected chi connectivity index (χ3v) is 6.66. The first-order valence-electron chi connectivity index (χ1n) is 11.1. The van der Waals surface area contributed by atoms with Crippen LogP contribution in [0.2, 0.25) is 10.0 Å². The summed E-state index contributed by atoms with van der Waals surface area (Å²) in [5.41, 5.74) is 3.93. The van der Waals surface area contributed by atoms with Crippen LogP contribution in [-0.2, 0) is 6.54 Å². The van der Waals surface area contributed by atoms with Crippen molar-refractivity contribution in [2.75, 3.05) is 6.54 Å². The summed E-state index contributed by atoms with van der Waals surface area (Å²) < 4.78 is 0. The molecule has 1 atom stereocenters. The average molecular weight is 479 g/mol. The van der Waals surface area contributed by atoms with Gasteiger partial charge in [0, 0.05) is 51.8 Å². The summed E-state index contributed by atoms with van der Waals surface area (Å²) in [6.07, 6.45) is 5.80. The molecule has 1 fully saturated rings. The molecule has 2 N–H and O–H groups in total. The Labute approximate surface area is 202 Å². The van der Waals surface area contributed by atoms with Gasteiger partial charge in [-0.3, -0.25) is 4.98 Å². The number of halogens is 2. The Morgan fingerprint density at radius 2 is 1.91 bits per heavy atom. The van der Waals surface area contributed by atoms with Gasteiger partial charge < -0.3 is 15.2 Å². The Hall–Kier alpha value is -3.02. The summed E-state index contributed by atoms with van der Waals surface area (Å²) >= 11 is 12.8. The fourth-order valence-corrected chi connectivity index (χ4v) is 4.80. The topological polar surface area (TPSA) is 61.0 Å². The molecule has 2 amide bonds. The first kappa shape index (κ1) is 21.8. The van der Waals surface area contributed by atoms with Crippen molar-refractivity contribution in [1.82, 2.24) is 20.2 Å². The molecule has 2 aromatic carbocycles. The zero-order valence-corrected chi connectivity index (χ0v) is 19.5. The molecular formula is C26H24Cl2N4O. The molecule has 1 aliphatic carbocycles. The Bertz CT molecular complexity index is 1270. The van der Waals surface area contributed by atoms with Gasteiger partial charge in [-0.2, -0.15) is 0 Å². The number of para-hydroxylation sites is 1. The van der Waals surface area contributed by atoms with Crippen LogP contribution in [0.5, 0.6) is 0 Å². The molecule has 1 unspecified atom stereocenters. The number of rotatable bonds is 7. The predicted molar refractivity (Wildman–Crippen MR) is 133 cm³/mol. The van der Waals surface area contributed by atoms with Crippen LogP contribution < -0.4 is 5.32 Å². The lowest BCUT2D eigenvalue weighted by molar-refractivity contribution is 0.191. The minimum atomic E-state index is -0.134. The maximum Gasteiger partial charge on any atom is 0.318 e. The van der Waals surface area contributed by atoms with Crippen LogP contribution in [0.1, 0.15) is 35.6 Å². The van der Waals surface area contributed by atoms with E-state index >= 15 is 0 Å². The van der Waals surface area contributed by atoms with Crippen LogP contribution in [0, 0.1) is 0 Å². The second kappa shape index (κ2) is 9.46.